The first kappa shape index (κ1) is 19.9. The molecule has 2 amide bonds. The molecule has 0 saturated carbocycles. The van der Waals surface area contributed by atoms with Crippen LogP contribution in [0.3, 0.4) is 0 Å². The fourth-order valence-corrected chi connectivity index (χ4v) is 4.11. The van der Waals surface area contributed by atoms with Gasteiger partial charge in [-0.25, -0.2) is 0 Å². The van der Waals surface area contributed by atoms with Crippen molar-refractivity contribution in [2.24, 2.45) is 5.92 Å². The van der Waals surface area contributed by atoms with E-state index in [-0.39, 0.29) is 11.8 Å². The van der Waals surface area contributed by atoms with E-state index < -0.39 is 0 Å². The minimum atomic E-state index is 0.229. The molecule has 0 radical (unpaired) electrons. The van der Waals surface area contributed by atoms with E-state index in [4.69, 9.17) is 0 Å². The second-order valence-electron chi connectivity index (χ2n) is 7.83. The van der Waals surface area contributed by atoms with Crippen LogP contribution in [0, 0.1) is 5.92 Å². The van der Waals surface area contributed by atoms with Gasteiger partial charge in [0.15, 0.2) is 0 Å². The number of benzene rings is 1. The molecule has 0 aliphatic carbocycles. The molecule has 2 fully saturated rings. The van der Waals surface area contributed by atoms with Crippen LogP contribution in [0.2, 0.25) is 0 Å². The van der Waals surface area contributed by atoms with Crippen LogP contribution >= 0.6 is 0 Å². The molecule has 27 heavy (non-hydrogen) atoms. The molecular formula is C22H33N3O2. The van der Waals surface area contributed by atoms with E-state index in [9.17, 15) is 9.59 Å². The molecule has 0 unspecified atom stereocenters. The Labute approximate surface area is 163 Å². The minimum absolute atomic E-state index is 0.229. The highest BCUT2D eigenvalue weighted by atomic mass is 16.2. The van der Waals surface area contributed by atoms with E-state index in [1.54, 1.807) is 0 Å². The Morgan fingerprint density at radius 3 is 2.11 bits per heavy atom. The van der Waals surface area contributed by atoms with Gasteiger partial charge < -0.3 is 15.1 Å². The smallest absolute Gasteiger partial charge is 0.222 e. The number of rotatable bonds is 7. The van der Waals surface area contributed by atoms with Gasteiger partial charge in [0.1, 0.15) is 0 Å². The number of piperazine rings is 1. The molecule has 1 N–H and O–H groups in total. The highest BCUT2D eigenvalue weighted by Gasteiger charge is 2.24. The van der Waals surface area contributed by atoms with Crippen molar-refractivity contribution in [1.82, 2.24) is 15.1 Å². The lowest BCUT2D eigenvalue weighted by atomic mass is 9.93. The molecule has 1 aromatic rings. The first-order valence-electron chi connectivity index (χ1n) is 10.5. The average Bonchev–Trinajstić information content (AvgIpc) is 2.73. The average molecular weight is 372 g/mol. The zero-order chi connectivity index (χ0) is 18.9. The summed E-state index contributed by atoms with van der Waals surface area (Å²) in [5, 5.41) is 3.37. The Balaban J connectivity index is 1.31. The van der Waals surface area contributed by atoms with Gasteiger partial charge in [0.05, 0.1) is 0 Å². The van der Waals surface area contributed by atoms with Crippen LogP contribution in [0.1, 0.15) is 44.1 Å². The highest BCUT2D eigenvalue weighted by molar-refractivity contribution is 5.78. The number of nitrogens with one attached hydrogen (secondary N) is 1. The van der Waals surface area contributed by atoms with Crippen LogP contribution in [0.15, 0.2) is 30.3 Å². The molecule has 2 saturated heterocycles. The Morgan fingerprint density at radius 1 is 0.889 bits per heavy atom. The van der Waals surface area contributed by atoms with E-state index >= 15 is 0 Å². The van der Waals surface area contributed by atoms with Crippen LogP contribution in [0.25, 0.3) is 0 Å². The van der Waals surface area contributed by atoms with Crippen LogP contribution in [-0.4, -0.2) is 60.9 Å². The number of hydrogen-bond acceptors (Lipinski definition) is 3. The molecule has 5 heteroatoms. The van der Waals surface area contributed by atoms with Crippen molar-refractivity contribution < 1.29 is 9.59 Å². The van der Waals surface area contributed by atoms with Gasteiger partial charge >= 0.3 is 0 Å². The van der Waals surface area contributed by atoms with Crippen LogP contribution in [0.5, 0.6) is 0 Å². The zero-order valence-electron chi connectivity index (χ0n) is 16.4. The highest BCUT2D eigenvalue weighted by Crippen LogP contribution is 2.19. The number of amides is 2. The summed E-state index contributed by atoms with van der Waals surface area (Å²) in [6.07, 6.45) is 6.49. The minimum Gasteiger partial charge on any atom is -0.339 e. The molecule has 0 atom stereocenters. The first-order chi connectivity index (χ1) is 13.2. The molecule has 2 aliphatic rings. The fourth-order valence-electron chi connectivity index (χ4n) is 4.11. The lowest BCUT2D eigenvalue weighted by molar-refractivity contribution is -0.139. The molecule has 0 bridgehead atoms. The van der Waals surface area contributed by atoms with Crippen LogP contribution < -0.4 is 5.32 Å². The fraction of sp³-hybridized carbons (Fsp3) is 0.636. The summed E-state index contributed by atoms with van der Waals surface area (Å²) < 4.78 is 0. The van der Waals surface area contributed by atoms with Crippen molar-refractivity contribution in [3.05, 3.63) is 35.9 Å². The number of hydrogen-bond donors (Lipinski definition) is 1. The summed E-state index contributed by atoms with van der Waals surface area (Å²) in [7, 11) is 0. The molecule has 0 spiro atoms. The lowest BCUT2D eigenvalue weighted by Gasteiger charge is -2.35. The van der Waals surface area contributed by atoms with E-state index in [1.807, 2.05) is 28.0 Å². The first-order valence-corrected chi connectivity index (χ1v) is 10.5. The second-order valence-corrected chi connectivity index (χ2v) is 7.83. The lowest BCUT2D eigenvalue weighted by Crippen LogP contribution is -2.50. The molecule has 3 rings (SSSR count). The topological polar surface area (TPSA) is 52.7 Å². The van der Waals surface area contributed by atoms with Crippen molar-refractivity contribution in [1.29, 1.82) is 0 Å². The van der Waals surface area contributed by atoms with Crippen molar-refractivity contribution in [2.75, 3.05) is 39.3 Å². The molecule has 5 nitrogen and oxygen atoms in total. The number of carbonyl (C=O) groups excluding carboxylic acids is 2. The van der Waals surface area contributed by atoms with Gasteiger partial charge in [0.25, 0.3) is 0 Å². The SMILES string of the molecule is O=C(CCCc1ccccc1)N1CCN(C(=O)CCC2CCNCC2)CC1. The predicted octanol–water partition coefficient (Wildman–Crippen LogP) is 2.46. The van der Waals surface area contributed by atoms with E-state index in [2.05, 4.69) is 17.4 Å². The summed E-state index contributed by atoms with van der Waals surface area (Å²) in [6, 6.07) is 10.3. The van der Waals surface area contributed by atoms with Crippen molar-refractivity contribution in [3.8, 4) is 0 Å². The summed E-state index contributed by atoms with van der Waals surface area (Å²) in [5.74, 6) is 1.19. The maximum atomic E-state index is 12.5. The van der Waals surface area contributed by atoms with Gasteiger partial charge in [0, 0.05) is 39.0 Å². The number of piperidine rings is 1. The largest absolute Gasteiger partial charge is 0.339 e. The van der Waals surface area contributed by atoms with Gasteiger partial charge in [-0.1, -0.05) is 30.3 Å². The number of carbonyl (C=O) groups is 2. The normalized spacial score (nSPS) is 18.5. The van der Waals surface area contributed by atoms with Crippen molar-refractivity contribution >= 4 is 11.8 Å². The maximum Gasteiger partial charge on any atom is 0.222 e. The van der Waals surface area contributed by atoms with Gasteiger partial charge in [-0.3, -0.25) is 9.59 Å². The predicted molar refractivity (Wildman–Crippen MR) is 107 cm³/mol. The summed E-state index contributed by atoms with van der Waals surface area (Å²) in [5.41, 5.74) is 1.29. The Hall–Kier alpha value is -1.88. The summed E-state index contributed by atoms with van der Waals surface area (Å²) in [6.45, 7) is 4.92. The van der Waals surface area contributed by atoms with Crippen LogP contribution in [-0.2, 0) is 16.0 Å². The van der Waals surface area contributed by atoms with E-state index in [0.717, 1.165) is 32.4 Å². The van der Waals surface area contributed by atoms with E-state index in [0.29, 0.717) is 44.9 Å². The van der Waals surface area contributed by atoms with Gasteiger partial charge in [-0.05, 0) is 56.7 Å². The van der Waals surface area contributed by atoms with Crippen molar-refractivity contribution in [3.63, 3.8) is 0 Å². The third kappa shape index (κ3) is 6.35. The second kappa shape index (κ2) is 10.5. The molecule has 1 aromatic carbocycles. The van der Waals surface area contributed by atoms with Gasteiger partial charge in [-0.2, -0.15) is 0 Å². The van der Waals surface area contributed by atoms with Gasteiger partial charge in [-0.15, -0.1) is 0 Å². The molecular weight excluding hydrogens is 338 g/mol. The Morgan fingerprint density at radius 2 is 1.48 bits per heavy atom. The van der Waals surface area contributed by atoms with Crippen molar-refractivity contribution in [2.45, 2.75) is 44.9 Å². The molecule has 2 aliphatic heterocycles. The third-order valence-corrected chi connectivity index (χ3v) is 5.91. The zero-order valence-corrected chi connectivity index (χ0v) is 16.4. The number of nitrogens with zero attached hydrogens (tertiary/aromatic N) is 2. The summed E-state index contributed by atoms with van der Waals surface area (Å²) in [4.78, 5) is 28.8. The monoisotopic (exact) mass is 371 g/mol. The van der Waals surface area contributed by atoms with Crippen LogP contribution in [0.4, 0.5) is 0 Å². The van der Waals surface area contributed by atoms with Gasteiger partial charge in [0.2, 0.25) is 11.8 Å². The maximum absolute atomic E-state index is 12.5. The molecule has 148 valence electrons. The molecule has 2 heterocycles. The van der Waals surface area contributed by atoms with E-state index in [1.165, 1.54) is 18.4 Å². The third-order valence-electron chi connectivity index (χ3n) is 5.91. The summed E-state index contributed by atoms with van der Waals surface area (Å²) >= 11 is 0. The quantitative estimate of drug-likeness (QED) is 0.801. The number of aryl methyl sites for hydroxylation is 1. The standard InChI is InChI=1S/C22H33N3O2/c26-21(8-4-7-19-5-2-1-3-6-19)24-15-17-25(18-16-24)22(27)10-9-20-11-13-23-14-12-20/h1-3,5-6,20,23H,4,7-18H2. The molecule has 0 aromatic heterocycles. The Kier molecular flexibility index (Phi) is 7.69. The Bertz CT molecular complexity index is 591.